The van der Waals surface area contributed by atoms with Crippen molar-refractivity contribution in [3.8, 4) is 0 Å². The third kappa shape index (κ3) is 1.40. The standard InChI is InChI=1S/C10H7F2NO2/c11-8-10(12,9(14)15)5-6-3-1-2-4-7(6)13-8/h1-5,8H,(H,14,15). The molecule has 1 aliphatic heterocycles. The number of nitrogens with zero attached hydrogens (tertiary/aromatic N) is 1. The number of rotatable bonds is 1. The summed E-state index contributed by atoms with van der Waals surface area (Å²) in [4.78, 5) is 14.0. The van der Waals surface area contributed by atoms with E-state index in [2.05, 4.69) is 4.99 Å². The van der Waals surface area contributed by atoms with Crippen molar-refractivity contribution < 1.29 is 18.7 Å². The average molecular weight is 211 g/mol. The zero-order valence-electron chi connectivity index (χ0n) is 7.52. The van der Waals surface area contributed by atoms with Gasteiger partial charge in [-0.15, -0.1) is 0 Å². The molecule has 2 atom stereocenters. The van der Waals surface area contributed by atoms with Crippen LogP contribution in [0.4, 0.5) is 8.78 Å². The van der Waals surface area contributed by atoms with Gasteiger partial charge in [0.1, 0.15) is 0 Å². The molecule has 0 bridgehead atoms. The van der Waals surface area contributed by atoms with Crippen molar-refractivity contribution in [2.75, 3.05) is 0 Å². The number of hydrogen-bond donors (Lipinski definition) is 1. The molecule has 1 heterocycles. The van der Waals surface area contributed by atoms with Crippen molar-refractivity contribution in [2.24, 2.45) is 4.99 Å². The van der Waals surface area contributed by atoms with Crippen molar-refractivity contribution in [3.05, 3.63) is 34.8 Å². The Labute approximate surface area is 83.4 Å². The van der Waals surface area contributed by atoms with Crippen LogP contribution < -0.4 is 10.6 Å². The van der Waals surface area contributed by atoms with Crippen LogP contribution in [-0.2, 0) is 4.79 Å². The third-order valence-corrected chi connectivity index (χ3v) is 2.23. The van der Waals surface area contributed by atoms with Crippen molar-refractivity contribution in [3.63, 3.8) is 0 Å². The van der Waals surface area contributed by atoms with Crippen LogP contribution in [0.2, 0.25) is 0 Å². The van der Waals surface area contributed by atoms with E-state index < -0.39 is 17.9 Å². The molecule has 0 fully saturated rings. The smallest absolute Gasteiger partial charge is 0.350 e. The predicted octanol–water partition coefficient (Wildman–Crippen LogP) is 0.189. The number of benzene rings is 1. The van der Waals surface area contributed by atoms with Gasteiger partial charge in [-0.3, -0.25) is 0 Å². The van der Waals surface area contributed by atoms with Crippen LogP contribution in [0.3, 0.4) is 0 Å². The number of fused-ring (bicyclic) bond motifs is 1. The molecule has 0 saturated carbocycles. The number of carbonyl (C=O) groups is 1. The van der Waals surface area contributed by atoms with E-state index in [1.165, 1.54) is 12.1 Å². The Hall–Kier alpha value is -1.78. The van der Waals surface area contributed by atoms with Crippen LogP contribution in [0.15, 0.2) is 29.3 Å². The number of halogens is 2. The maximum atomic E-state index is 13.6. The topological polar surface area (TPSA) is 49.7 Å². The summed E-state index contributed by atoms with van der Waals surface area (Å²) in [7, 11) is 0. The van der Waals surface area contributed by atoms with Crippen molar-refractivity contribution in [1.82, 2.24) is 0 Å². The predicted molar refractivity (Wildman–Crippen MR) is 48.1 cm³/mol. The highest BCUT2D eigenvalue weighted by Crippen LogP contribution is 2.23. The van der Waals surface area contributed by atoms with Crippen LogP contribution in [-0.4, -0.2) is 23.0 Å². The van der Waals surface area contributed by atoms with Crippen LogP contribution in [0.5, 0.6) is 0 Å². The zero-order chi connectivity index (χ0) is 11.1. The number of hydrogen-bond acceptors (Lipinski definition) is 2. The first kappa shape index (κ1) is 9.76. The number of carboxylic acids is 1. The number of aliphatic carboxylic acids is 1. The molecule has 2 rings (SSSR count). The Kier molecular flexibility index (Phi) is 2.03. The Balaban J connectivity index is 2.71. The first-order valence-corrected chi connectivity index (χ1v) is 4.26. The van der Waals surface area contributed by atoms with Gasteiger partial charge in [0.15, 0.2) is 0 Å². The molecule has 3 nitrogen and oxygen atoms in total. The Morgan fingerprint density at radius 3 is 2.80 bits per heavy atom. The van der Waals surface area contributed by atoms with Crippen LogP contribution in [0.25, 0.3) is 6.08 Å². The molecule has 1 aromatic carbocycles. The fraction of sp³-hybridized carbons (Fsp3) is 0.200. The fourth-order valence-corrected chi connectivity index (χ4v) is 1.40. The van der Waals surface area contributed by atoms with E-state index in [-0.39, 0.29) is 10.6 Å². The molecule has 5 heteroatoms. The highest BCUT2D eigenvalue weighted by atomic mass is 19.2. The zero-order valence-corrected chi connectivity index (χ0v) is 7.52. The fourth-order valence-electron chi connectivity index (χ4n) is 1.40. The lowest BCUT2D eigenvalue weighted by atomic mass is 10.0. The quantitative estimate of drug-likeness (QED) is 0.674. The average Bonchev–Trinajstić information content (AvgIpc) is 2.19. The lowest BCUT2D eigenvalue weighted by molar-refractivity contribution is -0.150. The van der Waals surface area contributed by atoms with E-state index >= 15 is 0 Å². The van der Waals surface area contributed by atoms with Crippen LogP contribution in [0, 0.1) is 0 Å². The Bertz CT molecular complexity index is 528. The van der Waals surface area contributed by atoms with Crippen molar-refractivity contribution in [2.45, 2.75) is 12.0 Å². The molecular formula is C10H7F2NO2. The van der Waals surface area contributed by atoms with E-state index in [1.807, 2.05) is 0 Å². The van der Waals surface area contributed by atoms with Gasteiger partial charge in [-0.2, -0.15) is 0 Å². The van der Waals surface area contributed by atoms with Crippen molar-refractivity contribution >= 4 is 12.0 Å². The molecule has 1 N–H and O–H groups in total. The highest BCUT2D eigenvalue weighted by molar-refractivity contribution is 5.86. The summed E-state index contributed by atoms with van der Waals surface area (Å²) >= 11 is 0. The number of para-hydroxylation sites is 1. The molecule has 0 radical (unpaired) electrons. The van der Waals surface area contributed by atoms with Crippen molar-refractivity contribution in [1.29, 1.82) is 0 Å². The van der Waals surface area contributed by atoms with Gasteiger partial charge in [0.2, 0.25) is 6.30 Å². The molecule has 0 aromatic heterocycles. The van der Waals surface area contributed by atoms with Crippen LogP contribution in [0.1, 0.15) is 0 Å². The monoisotopic (exact) mass is 211 g/mol. The normalized spacial score (nSPS) is 28.5. The van der Waals surface area contributed by atoms with E-state index in [0.29, 0.717) is 0 Å². The summed E-state index contributed by atoms with van der Waals surface area (Å²) in [6, 6.07) is 6.21. The van der Waals surface area contributed by atoms with Gasteiger partial charge in [-0.25, -0.2) is 18.6 Å². The molecular weight excluding hydrogens is 204 g/mol. The molecule has 0 amide bonds. The van der Waals surface area contributed by atoms with E-state index in [9.17, 15) is 13.6 Å². The molecule has 1 aliphatic rings. The minimum atomic E-state index is -3.06. The molecule has 15 heavy (non-hydrogen) atoms. The summed E-state index contributed by atoms with van der Waals surface area (Å²) in [5, 5.41) is 9.14. The molecule has 0 aliphatic carbocycles. The first-order valence-electron chi connectivity index (χ1n) is 4.26. The van der Waals surface area contributed by atoms with Gasteiger partial charge >= 0.3 is 5.97 Å². The van der Waals surface area contributed by atoms with Gasteiger partial charge in [-0.1, -0.05) is 18.2 Å². The maximum Gasteiger partial charge on any atom is 0.350 e. The highest BCUT2D eigenvalue weighted by Gasteiger charge is 2.47. The number of alkyl halides is 2. The lowest BCUT2D eigenvalue weighted by Gasteiger charge is -2.20. The minimum absolute atomic E-state index is 0.263. The van der Waals surface area contributed by atoms with E-state index in [1.54, 1.807) is 12.1 Å². The van der Waals surface area contributed by atoms with E-state index in [0.717, 1.165) is 6.08 Å². The maximum absolute atomic E-state index is 13.6. The Morgan fingerprint density at radius 2 is 2.13 bits per heavy atom. The van der Waals surface area contributed by atoms with Gasteiger partial charge in [0.25, 0.3) is 5.67 Å². The molecule has 78 valence electrons. The largest absolute Gasteiger partial charge is 0.478 e. The molecule has 0 saturated heterocycles. The third-order valence-electron chi connectivity index (χ3n) is 2.23. The second-order valence-corrected chi connectivity index (χ2v) is 3.24. The summed E-state index contributed by atoms with van der Waals surface area (Å²) < 4.78 is 26.9. The summed E-state index contributed by atoms with van der Waals surface area (Å²) in [6.45, 7) is 0. The van der Waals surface area contributed by atoms with Gasteiger partial charge in [0.05, 0.1) is 5.36 Å². The first-order chi connectivity index (χ1) is 7.04. The second kappa shape index (κ2) is 3.12. The van der Waals surface area contributed by atoms with E-state index in [4.69, 9.17) is 5.11 Å². The molecule has 0 spiro atoms. The SMILES string of the molecule is O=C(O)C1(F)C=c2ccccc2=NC1F. The van der Waals surface area contributed by atoms with Gasteiger partial charge in [-0.05, 0) is 17.4 Å². The Morgan fingerprint density at radius 1 is 1.47 bits per heavy atom. The lowest BCUT2D eigenvalue weighted by Crippen LogP contribution is -2.48. The molecule has 1 aromatic rings. The van der Waals surface area contributed by atoms with Gasteiger partial charge < -0.3 is 5.11 Å². The van der Waals surface area contributed by atoms with Gasteiger partial charge in [0, 0.05) is 0 Å². The summed E-state index contributed by atoms with van der Waals surface area (Å²) in [5.74, 6) is -1.87. The number of carboxylic acid groups (broad SMARTS) is 1. The van der Waals surface area contributed by atoms with Crippen LogP contribution >= 0.6 is 0 Å². The summed E-state index contributed by atoms with van der Waals surface area (Å²) in [6.07, 6.45) is -1.65. The minimum Gasteiger partial charge on any atom is -0.478 e. The second-order valence-electron chi connectivity index (χ2n) is 3.24. The summed E-state index contributed by atoms with van der Waals surface area (Å²) in [5.41, 5.74) is -3.06. The molecule has 2 unspecified atom stereocenters.